The van der Waals surface area contributed by atoms with Gasteiger partial charge in [-0.1, -0.05) is 6.07 Å². The van der Waals surface area contributed by atoms with Crippen LogP contribution in [0.3, 0.4) is 0 Å². The maximum Gasteiger partial charge on any atom is 0.171 e. The van der Waals surface area contributed by atoms with E-state index < -0.39 is 5.82 Å². The molecule has 104 valence electrons. The highest BCUT2D eigenvalue weighted by molar-refractivity contribution is 5.99. The van der Waals surface area contributed by atoms with Crippen LogP contribution in [0.25, 0.3) is 0 Å². The third kappa shape index (κ3) is 3.30. The lowest BCUT2D eigenvalue weighted by Crippen LogP contribution is -2.48. The number of ketones is 1. The Bertz CT molecular complexity index is 464. The minimum atomic E-state index is -0.547. The molecule has 1 fully saturated rings. The van der Waals surface area contributed by atoms with E-state index >= 15 is 0 Å². The van der Waals surface area contributed by atoms with Gasteiger partial charge in [-0.15, -0.1) is 0 Å². The molecule has 19 heavy (non-hydrogen) atoms. The van der Waals surface area contributed by atoms with Crippen LogP contribution >= 0.6 is 0 Å². The Hall–Kier alpha value is -1.46. The number of benzene rings is 1. The van der Waals surface area contributed by atoms with E-state index in [0.29, 0.717) is 13.2 Å². The van der Waals surface area contributed by atoms with Gasteiger partial charge in [0.05, 0.1) is 25.9 Å². The molecule has 1 N–H and O–H groups in total. The summed E-state index contributed by atoms with van der Waals surface area (Å²) < 4.78 is 24.2. The molecule has 1 aromatic carbocycles. The summed E-state index contributed by atoms with van der Waals surface area (Å²) in [5.41, 5.74) is 0.0185. The number of Topliss-reactive ketones (excluding diaryl/α,β-unsaturated/α-hetero) is 1. The molecule has 1 aliphatic rings. The zero-order valence-electron chi connectivity index (χ0n) is 11.1. The second kappa shape index (κ2) is 6.12. The van der Waals surface area contributed by atoms with E-state index in [1.54, 1.807) is 6.07 Å². The number of ether oxygens (including phenoxy) is 2. The second-order valence-corrected chi connectivity index (χ2v) is 4.75. The van der Waals surface area contributed by atoms with Gasteiger partial charge in [-0.05, 0) is 19.1 Å². The molecule has 0 saturated carbocycles. The van der Waals surface area contributed by atoms with Crippen LogP contribution in [0.15, 0.2) is 18.2 Å². The molecule has 4 nitrogen and oxygen atoms in total. The molecule has 1 saturated heterocycles. The summed E-state index contributed by atoms with van der Waals surface area (Å²) in [6, 6.07) is 4.50. The Morgan fingerprint density at radius 3 is 3.00 bits per heavy atom. The Morgan fingerprint density at radius 1 is 1.53 bits per heavy atom. The first kappa shape index (κ1) is 14.0. The molecular weight excluding hydrogens is 249 g/mol. The van der Waals surface area contributed by atoms with Crippen LogP contribution in [0.2, 0.25) is 0 Å². The van der Waals surface area contributed by atoms with E-state index in [1.165, 1.54) is 19.2 Å². The van der Waals surface area contributed by atoms with Gasteiger partial charge in [0, 0.05) is 18.5 Å². The smallest absolute Gasteiger partial charge is 0.171 e. The minimum absolute atomic E-state index is 0.0185. The number of hydrogen-bond donors (Lipinski definition) is 1. The van der Waals surface area contributed by atoms with E-state index in [2.05, 4.69) is 5.32 Å². The summed E-state index contributed by atoms with van der Waals surface area (Å²) in [4.78, 5) is 12.2. The molecule has 0 spiro atoms. The summed E-state index contributed by atoms with van der Waals surface area (Å²) in [6.45, 7) is 3.08. The first-order chi connectivity index (χ1) is 9.11. The third-order valence-corrected chi connectivity index (χ3v) is 3.11. The van der Waals surface area contributed by atoms with Crippen LogP contribution in [-0.4, -0.2) is 38.2 Å². The second-order valence-electron chi connectivity index (χ2n) is 4.75. The lowest BCUT2D eigenvalue weighted by Gasteiger charge is -2.28. The summed E-state index contributed by atoms with van der Waals surface area (Å²) in [5, 5.41) is 3.26. The fourth-order valence-electron chi connectivity index (χ4n) is 2.27. The van der Waals surface area contributed by atoms with Gasteiger partial charge in [-0.3, -0.25) is 4.79 Å². The van der Waals surface area contributed by atoms with Crippen molar-refractivity contribution in [1.29, 1.82) is 0 Å². The van der Waals surface area contributed by atoms with Crippen molar-refractivity contribution in [1.82, 2.24) is 5.32 Å². The van der Waals surface area contributed by atoms with E-state index in [1.807, 2.05) is 6.92 Å². The molecule has 0 amide bonds. The maximum atomic E-state index is 13.8. The van der Waals surface area contributed by atoms with Crippen molar-refractivity contribution < 1.29 is 18.7 Å². The normalized spacial score (nSPS) is 23.1. The molecule has 1 aliphatic heterocycles. The highest BCUT2D eigenvalue weighted by Crippen LogP contribution is 2.23. The molecule has 0 radical (unpaired) electrons. The Kier molecular flexibility index (Phi) is 4.50. The summed E-state index contributed by atoms with van der Waals surface area (Å²) in [6.07, 6.45) is 0.196. The average Bonchev–Trinajstić information content (AvgIpc) is 2.38. The van der Waals surface area contributed by atoms with Gasteiger partial charge >= 0.3 is 0 Å². The topological polar surface area (TPSA) is 47.6 Å². The van der Waals surface area contributed by atoms with Crippen molar-refractivity contribution in [3.05, 3.63) is 29.6 Å². The Balaban J connectivity index is 2.11. The number of rotatable bonds is 4. The van der Waals surface area contributed by atoms with Gasteiger partial charge in [-0.25, -0.2) is 4.39 Å². The number of hydrogen-bond acceptors (Lipinski definition) is 4. The number of halogens is 1. The molecule has 2 atom stereocenters. The Labute approximate surface area is 111 Å². The standard InChI is InChI=1S/C14H18FNO3/c1-9-7-19-8-10(16-9)6-12(17)14-11(15)4-3-5-13(14)18-2/h3-5,9-10,16H,6-8H2,1-2H3. The number of methoxy groups -OCH3 is 1. The van der Waals surface area contributed by atoms with Crippen LogP contribution in [0, 0.1) is 5.82 Å². The molecule has 2 unspecified atom stereocenters. The SMILES string of the molecule is COc1cccc(F)c1C(=O)CC1COCC(C)N1. The summed E-state index contributed by atoms with van der Waals surface area (Å²) in [7, 11) is 1.43. The van der Waals surface area contributed by atoms with Gasteiger partial charge in [-0.2, -0.15) is 0 Å². The zero-order valence-corrected chi connectivity index (χ0v) is 11.1. The first-order valence-corrected chi connectivity index (χ1v) is 6.31. The van der Waals surface area contributed by atoms with Crippen molar-refractivity contribution >= 4 is 5.78 Å². The molecule has 1 aromatic rings. The summed E-state index contributed by atoms with van der Waals surface area (Å²) in [5.74, 6) is -0.547. The summed E-state index contributed by atoms with van der Waals surface area (Å²) >= 11 is 0. The van der Waals surface area contributed by atoms with E-state index in [9.17, 15) is 9.18 Å². The van der Waals surface area contributed by atoms with Gasteiger partial charge < -0.3 is 14.8 Å². The number of nitrogens with one attached hydrogen (secondary N) is 1. The highest BCUT2D eigenvalue weighted by Gasteiger charge is 2.24. The molecule has 2 rings (SSSR count). The fraction of sp³-hybridized carbons (Fsp3) is 0.500. The van der Waals surface area contributed by atoms with Gasteiger partial charge in [0.1, 0.15) is 11.6 Å². The van der Waals surface area contributed by atoms with E-state index in [-0.39, 0.29) is 35.6 Å². The van der Waals surface area contributed by atoms with E-state index in [4.69, 9.17) is 9.47 Å². The van der Waals surface area contributed by atoms with Crippen LogP contribution in [-0.2, 0) is 4.74 Å². The number of carbonyl (C=O) groups is 1. The van der Waals surface area contributed by atoms with Crippen molar-refractivity contribution in [2.75, 3.05) is 20.3 Å². The van der Waals surface area contributed by atoms with Crippen molar-refractivity contribution in [3.63, 3.8) is 0 Å². The van der Waals surface area contributed by atoms with E-state index in [0.717, 1.165) is 0 Å². The van der Waals surface area contributed by atoms with Crippen LogP contribution in [0.1, 0.15) is 23.7 Å². The Morgan fingerprint density at radius 2 is 2.32 bits per heavy atom. The molecule has 0 bridgehead atoms. The fourth-order valence-corrected chi connectivity index (χ4v) is 2.27. The van der Waals surface area contributed by atoms with Crippen molar-refractivity contribution in [3.8, 4) is 5.75 Å². The average molecular weight is 267 g/mol. The van der Waals surface area contributed by atoms with Gasteiger partial charge in [0.25, 0.3) is 0 Å². The molecular formula is C14H18FNO3. The molecule has 0 aliphatic carbocycles. The van der Waals surface area contributed by atoms with Crippen molar-refractivity contribution in [2.24, 2.45) is 0 Å². The molecule has 1 heterocycles. The van der Waals surface area contributed by atoms with Gasteiger partial charge in [0.2, 0.25) is 0 Å². The molecule has 0 aromatic heterocycles. The minimum Gasteiger partial charge on any atom is -0.496 e. The first-order valence-electron chi connectivity index (χ1n) is 6.31. The lowest BCUT2D eigenvalue weighted by molar-refractivity contribution is 0.0462. The highest BCUT2D eigenvalue weighted by atomic mass is 19.1. The monoisotopic (exact) mass is 267 g/mol. The number of carbonyl (C=O) groups excluding carboxylic acids is 1. The van der Waals surface area contributed by atoms with Crippen LogP contribution in [0.5, 0.6) is 5.75 Å². The lowest BCUT2D eigenvalue weighted by atomic mass is 10.0. The largest absolute Gasteiger partial charge is 0.496 e. The van der Waals surface area contributed by atoms with Gasteiger partial charge in [0.15, 0.2) is 5.78 Å². The predicted octanol–water partition coefficient (Wildman–Crippen LogP) is 1.78. The van der Waals surface area contributed by atoms with Crippen LogP contribution < -0.4 is 10.1 Å². The number of morpholine rings is 1. The third-order valence-electron chi connectivity index (χ3n) is 3.11. The van der Waals surface area contributed by atoms with Crippen LogP contribution in [0.4, 0.5) is 4.39 Å². The quantitative estimate of drug-likeness (QED) is 0.845. The maximum absolute atomic E-state index is 13.8. The molecule has 5 heteroatoms. The predicted molar refractivity (Wildman–Crippen MR) is 69.1 cm³/mol. The zero-order chi connectivity index (χ0) is 13.8. The van der Waals surface area contributed by atoms with Crippen molar-refractivity contribution in [2.45, 2.75) is 25.4 Å².